The monoisotopic (exact) mass is 612 g/mol. The highest BCUT2D eigenvalue weighted by Crippen LogP contribution is 2.47. The van der Waals surface area contributed by atoms with Crippen molar-refractivity contribution >= 4 is 49.8 Å². The van der Waals surface area contributed by atoms with Crippen molar-refractivity contribution in [2.24, 2.45) is 0 Å². The van der Waals surface area contributed by atoms with Gasteiger partial charge in [0.25, 0.3) is 5.91 Å². The van der Waals surface area contributed by atoms with Crippen LogP contribution in [0.15, 0.2) is 65.6 Å². The lowest BCUT2D eigenvalue weighted by Crippen LogP contribution is -2.18. The quantitative estimate of drug-likeness (QED) is 0.136. The standard InChI is InChI=1S/C31H30ClFN2O6S/c1-18(15-40-17-39-3)23-11-4-19(12-26(23)32)16-42(37,38)35-27-14-28-25(13-24(27)20-5-6-20)29(31(36)34-2)30(41-28)21-7-9-22(33)10-8-21/h4,7-14,20,35H,1,5-6,15-17H2,2-3H3,(H,34,36). The van der Waals surface area contributed by atoms with Gasteiger partial charge in [-0.2, -0.15) is 0 Å². The molecule has 0 bridgehead atoms. The average molecular weight is 613 g/mol. The minimum absolute atomic E-state index is 0.117. The van der Waals surface area contributed by atoms with Gasteiger partial charge in [0.15, 0.2) is 0 Å². The topological polar surface area (TPSA) is 107 Å². The minimum atomic E-state index is -3.87. The molecule has 0 saturated heterocycles. The Hall–Kier alpha value is -3.70. The molecule has 0 aliphatic heterocycles. The predicted octanol–water partition coefficient (Wildman–Crippen LogP) is 6.70. The maximum atomic E-state index is 13.6. The number of hydrogen-bond acceptors (Lipinski definition) is 6. The first kappa shape index (κ1) is 29.8. The van der Waals surface area contributed by atoms with Gasteiger partial charge in [-0.25, -0.2) is 12.8 Å². The Bertz CT molecular complexity index is 1760. The van der Waals surface area contributed by atoms with Crippen molar-refractivity contribution in [1.82, 2.24) is 5.32 Å². The molecular weight excluding hydrogens is 583 g/mol. The predicted molar refractivity (Wildman–Crippen MR) is 162 cm³/mol. The number of methoxy groups -OCH3 is 1. The number of fused-ring (bicyclic) bond motifs is 1. The SMILES string of the molecule is C=C(COCOC)c1ccc(CS(=O)(=O)Nc2cc3oc(-c4ccc(F)cc4)c(C(=O)NC)c3cc2C2CC2)cc1Cl. The third kappa shape index (κ3) is 6.52. The fraction of sp³-hybridized carbons (Fsp3) is 0.258. The lowest BCUT2D eigenvalue weighted by molar-refractivity contribution is -0.0164. The summed E-state index contributed by atoms with van der Waals surface area (Å²) >= 11 is 6.45. The van der Waals surface area contributed by atoms with E-state index < -0.39 is 15.8 Å². The van der Waals surface area contributed by atoms with E-state index in [1.165, 1.54) is 38.4 Å². The first-order chi connectivity index (χ1) is 20.1. The third-order valence-electron chi connectivity index (χ3n) is 6.95. The summed E-state index contributed by atoms with van der Waals surface area (Å²) in [6, 6.07) is 14.1. The summed E-state index contributed by atoms with van der Waals surface area (Å²) in [5, 5.41) is 3.55. The van der Waals surface area contributed by atoms with E-state index in [1.807, 2.05) is 6.07 Å². The smallest absolute Gasteiger partial charge is 0.255 e. The third-order valence-corrected chi connectivity index (χ3v) is 8.51. The van der Waals surface area contributed by atoms with Gasteiger partial charge < -0.3 is 19.2 Å². The molecule has 42 heavy (non-hydrogen) atoms. The van der Waals surface area contributed by atoms with E-state index in [2.05, 4.69) is 16.6 Å². The number of carbonyl (C=O) groups is 1. The number of amides is 1. The van der Waals surface area contributed by atoms with Crippen molar-refractivity contribution in [3.05, 3.63) is 94.3 Å². The van der Waals surface area contributed by atoms with Crippen molar-refractivity contribution in [2.45, 2.75) is 24.5 Å². The molecular formula is C31H30ClFN2O6S. The molecule has 1 amide bonds. The molecule has 8 nitrogen and oxygen atoms in total. The number of halogens is 2. The summed E-state index contributed by atoms with van der Waals surface area (Å²) in [7, 11) is -0.830. The van der Waals surface area contributed by atoms with Gasteiger partial charge in [0.1, 0.15) is 24.0 Å². The molecule has 1 aliphatic rings. The number of sulfonamides is 1. The zero-order valence-corrected chi connectivity index (χ0v) is 24.7. The second-order valence-corrected chi connectivity index (χ2v) is 12.3. The number of nitrogens with one attached hydrogen (secondary N) is 2. The molecule has 11 heteroatoms. The van der Waals surface area contributed by atoms with E-state index in [0.29, 0.717) is 49.5 Å². The second-order valence-electron chi connectivity index (χ2n) is 10.1. The van der Waals surface area contributed by atoms with Gasteiger partial charge in [0.05, 0.1) is 23.6 Å². The van der Waals surface area contributed by atoms with Crippen molar-refractivity contribution in [1.29, 1.82) is 0 Å². The van der Waals surface area contributed by atoms with Crippen LogP contribution < -0.4 is 10.0 Å². The molecule has 1 heterocycles. The Morgan fingerprint density at radius 2 is 1.88 bits per heavy atom. The summed E-state index contributed by atoms with van der Waals surface area (Å²) < 4.78 is 59.3. The van der Waals surface area contributed by atoms with Crippen LogP contribution >= 0.6 is 11.6 Å². The molecule has 0 spiro atoms. The highest BCUT2D eigenvalue weighted by molar-refractivity contribution is 7.91. The van der Waals surface area contributed by atoms with E-state index in [4.69, 9.17) is 25.5 Å². The number of carbonyl (C=O) groups excluding carboxylic acids is 1. The normalized spacial score (nSPS) is 13.3. The molecule has 3 aromatic carbocycles. The number of furan rings is 1. The highest BCUT2D eigenvalue weighted by Gasteiger charge is 2.31. The summed E-state index contributed by atoms with van der Waals surface area (Å²) in [5.74, 6) is -0.675. The van der Waals surface area contributed by atoms with Crippen LogP contribution in [-0.4, -0.2) is 41.9 Å². The molecule has 4 aromatic rings. The van der Waals surface area contributed by atoms with Gasteiger partial charge in [-0.05, 0) is 77.4 Å². The fourth-order valence-corrected chi connectivity index (χ4v) is 6.36. The van der Waals surface area contributed by atoms with Crippen LogP contribution in [0.5, 0.6) is 0 Å². The first-order valence-corrected chi connectivity index (χ1v) is 15.3. The van der Waals surface area contributed by atoms with Gasteiger partial charge in [-0.15, -0.1) is 0 Å². The number of benzene rings is 3. The zero-order chi connectivity index (χ0) is 30.0. The van der Waals surface area contributed by atoms with Crippen molar-refractivity contribution in [3.8, 4) is 11.3 Å². The Balaban J connectivity index is 1.46. The minimum Gasteiger partial charge on any atom is -0.455 e. The van der Waals surface area contributed by atoms with Crippen molar-refractivity contribution < 1.29 is 31.5 Å². The van der Waals surface area contributed by atoms with Crippen LogP contribution in [0.3, 0.4) is 0 Å². The maximum absolute atomic E-state index is 13.6. The van der Waals surface area contributed by atoms with E-state index in [1.54, 1.807) is 24.3 Å². The molecule has 0 unspecified atom stereocenters. The molecule has 220 valence electrons. The average Bonchev–Trinajstić information content (AvgIpc) is 3.73. The fourth-order valence-electron chi connectivity index (χ4n) is 4.82. The molecule has 0 radical (unpaired) electrons. The maximum Gasteiger partial charge on any atom is 0.255 e. The molecule has 0 atom stereocenters. The highest BCUT2D eigenvalue weighted by atomic mass is 35.5. The second kappa shape index (κ2) is 12.3. The summed E-state index contributed by atoms with van der Waals surface area (Å²) in [4.78, 5) is 12.9. The van der Waals surface area contributed by atoms with E-state index >= 15 is 0 Å². The summed E-state index contributed by atoms with van der Waals surface area (Å²) in [6.07, 6.45) is 1.79. The van der Waals surface area contributed by atoms with Gasteiger partial charge in [-0.1, -0.05) is 30.3 Å². The molecule has 1 saturated carbocycles. The number of ether oxygens (including phenoxy) is 2. The summed E-state index contributed by atoms with van der Waals surface area (Å²) in [5.41, 5.74) is 4.12. The van der Waals surface area contributed by atoms with Crippen LogP contribution in [0.2, 0.25) is 5.02 Å². The van der Waals surface area contributed by atoms with E-state index in [-0.39, 0.29) is 36.7 Å². The van der Waals surface area contributed by atoms with Gasteiger partial charge in [-0.3, -0.25) is 9.52 Å². The van der Waals surface area contributed by atoms with Crippen LogP contribution in [0, 0.1) is 5.82 Å². The number of hydrogen-bond donors (Lipinski definition) is 2. The van der Waals surface area contributed by atoms with Crippen molar-refractivity contribution in [3.63, 3.8) is 0 Å². The van der Waals surface area contributed by atoms with E-state index in [9.17, 15) is 17.6 Å². The molecule has 1 aliphatic carbocycles. The molecule has 2 N–H and O–H groups in total. The van der Waals surface area contributed by atoms with Gasteiger partial charge in [0.2, 0.25) is 10.0 Å². The number of anilines is 1. The lowest BCUT2D eigenvalue weighted by atomic mass is 10.0. The molecule has 1 fully saturated rings. The lowest BCUT2D eigenvalue weighted by Gasteiger charge is -2.14. The zero-order valence-electron chi connectivity index (χ0n) is 23.1. The van der Waals surface area contributed by atoms with Gasteiger partial charge >= 0.3 is 0 Å². The Morgan fingerprint density at radius 3 is 2.52 bits per heavy atom. The van der Waals surface area contributed by atoms with Crippen LogP contribution in [0.25, 0.3) is 27.9 Å². The first-order valence-electron chi connectivity index (χ1n) is 13.2. The van der Waals surface area contributed by atoms with Gasteiger partial charge in [0, 0.05) is 36.2 Å². The molecule has 5 rings (SSSR count). The Morgan fingerprint density at radius 1 is 1.14 bits per heavy atom. The van der Waals surface area contributed by atoms with E-state index in [0.717, 1.165) is 18.4 Å². The Labute approximate surface area is 248 Å². The Kier molecular flexibility index (Phi) is 8.70. The molecule has 1 aromatic heterocycles. The van der Waals surface area contributed by atoms with Crippen molar-refractivity contribution in [2.75, 3.05) is 32.3 Å². The van der Waals surface area contributed by atoms with Crippen LogP contribution in [0.1, 0.15) is 45.8 Å². The van der Waals surface area contributed by atoms with Crippen LogP contribution in [0.4, 0.5) is 10.1 Å². The number of rotatable bonds is 12. The largest absolute Gasteiger partial charge is 0.455 e. The van der Waals surface area contributed by atoms with Crippen LogP contribution in [-0.2, 0) is 25.2 Å². The summed E-state index contributed by atoms with van der Waals surface area (Å²) in [6.45, 7) is 4.31.